The number of aryl methyl sites for hydroxylation is 1. The monoisotopic (exact) mass is 306 g/mol. The minimum atomic E-state index is -2.63. The number of thioether (sulfide) groups is 1. The Morgan fingerprint density at radius 1 is 1.10 bits per heavy atom. The molecule has 2 aromatic carbocycles. The normalized spacial score (nSPS) is 21.4. The molecule has 0 amide bonds. The maximum atomic E-state index is 10.3. The van der Waals surface area contributed by atoms with E-state index in [0.717, 1.165) is 16.9 Å². The van der Waals surface area contributed by atoms with Gasteiger partial charge in [0, 0.05) is 4.90 Å². The summed E-state index contributed by atoms with van der Waals surface area (Å²) in [5.41, 5.74) is 2.37. The molecule has 0 aliphatic carbocycles. The third kappa shape index (κ3) is 2.49. The summed E-state index contributed by atoms with van der Waals surface area (Å²) in [5, 5.41) is 0.133. The maximum absolute atomic E-state index is 10.3. The van der Waals surface area contributed by atoms with Gasteiger partial charge in [0.15, 0.2) is 0 Å². The van der Waals surface area contributed by atoms with Crippen molar-refractivity contribution in [2.24, 2.45) is 0 Å². The molecule has 0 saturated carbocycles. The summed E-state index contributed by atoms with van der Waals surface area (Å²) >= 11 is 1.73. The van der Waals surface area contributed by atoms with Crippen LogP contribution in [0.3, 0.4) is 0 Å². The molecule has 2 aromatic rings. The van der Waals surface area contributed by atoms with Crippen molar-refractivity contribution in [3.05, 3.63) is 59.7 Å². The van der Waals surface area contributed by atoms with Crippen LogP contribution in [0.25, 0.3) is 0 Å². The van der Waals surface area contributed by atoms with E-state index in [-0.39, 0.29) is 5.25 Å². The number of benzene rings is 2. The van der Waals surface area contributed by atoms with E-state index in [2.05, 4.69) is 25.1 Å². The largest absolute Gasteiger partial charge is 0.295 e. The van der Waals surface area contributed by atoms with E-state index in [4.69, 9.17) is 0 Å². The summed E-state index contributed by atoms with van der Waals surface area (Å²) < 4.78 is 20.7. The van der Waals surface area contributed by atoms with Crippen molar-refractivity contribution in [1.82, 2.24) is 0 Å². The lowest BCUT2D eigenvalue weighted by Gasteiger charge is -2.27. The van der Waals surface area contributed by atoms with E-state index in [0.29, 0.717) is 5.75 Å². The average Bonchev–Trinajstić information content (AvgIpc) is 2.71. The Hall–Kier alpha value is -0.940. The van der Waals surface area contributed by atoms with Gasteiger partial charge in [-0.15, -0.1) is 11.8 Å². The fraction of sp³-hybridized carbons (Fsp3) is 0.250. The van der Waals surface area contributed by atoms with Crippen molar-refractivity contribution in [2.75, 3.05) is 5.75 Å². The van der Waals surface area contributed by atoms with Crippen LogP contribution in [0.1, 0.15) is 23.3 Å². The highest BCUT2D eigenvalue weighted by atomic mass is 32.3. The predicted octanol–water partition coefficient (Wildman–Crippen LogP) is 5.21. The smallest absolute Gasteiger partial charge is 0.0631 e. The Morgan fingerprint density at radius 3 is 2.55 bits per heavy atom. The molecule has 1 aliphatic heterocycles. The Labute approximate surface area is 125 Å². The first-order valence-electron chi connectivity index (χ1n) is 6.71. The second-order valence-electron chi connectivity index (χ2n) is 4.94. The van der Waals surface area contributed by atoms with Gasteiger partial charge in [0.05, 0.1) is 15.9 Å². The van der Waals surface area contributed by atoms with Crippen molar-refractivity contribution in [3.8, 4) is 0 Å². The Bertz CT molecular complexity index is 611. The molecule has 2 nitrogen and oxygen atoms in total. The molecule has 1 aliphatic rings. The molecule has 4 heteroatoms. The molecule has 0 fully saturated rings. The number of rotatable bonds is 3. The summed E-state index contributed by atoms with van der Waals surface area (Å²) in [6, 6.07) is 16.1. The number of fused-ring (bicyclic) bond motifs is 1. The van der Waals surface area contributed by atoms with E-state index in [1.54, 1.807) is 11.8 Å². The third-order valence-corrected chi connectivity index (χ3v) is 6.92. The minimum Gasteiger partial charge on any atom is -0.295 e. The molecule has 0 aromatic heterocycles. The molecule has 0 bridgehead atoms. The van der Waals surface area contributed by atoms with E-state index in [9.17, 15) is 9.11 Å². The molecule has 1 heterocycles. The SMILES string of the molecule is CCc1cccc2c1C(Sc1ccccc1)CS2(O)O. The average molecular weight is 306 g/mol. The standard InChI is InChI=1S/C16H18O2S2/c1-2-12-7-6-10-15-16(12)14(11-20(15,17)18)19-13-8-4-3-5-9-13/h3-10,14,17-18H,2,11H2,1H3. The van der Waals surface area contributed by atoms with Crippen molar-refractivity contribution in [1.29, 1.82) is 0 Å². The predicted molar refractivity (Wildman–Crippen MR) is 86.8 cm³/mol. The fourth-order valence-corrected chi connectivity index (χ4v) is 6.33. The van der Waals surface area contributed by atoms with E-state index >= 15 is 0 Å². The minimum absolute atomic E-state index is 0.133. The molecule has 3 rings (SSSR count). The highest BCUT2D eigenvalue weighted by Gasteiger charge is 2.36. The summed E-state index contributed by atoms with van der Waals surface area (Å²) in [7, 11) is -2.63. The Balaban J connectivity index is 2.00. The molecule has 1 atom stereocenters. The zero-order chi connectivity index (χ0) is 14.2. The molecular weight excluding hydrogens is 288 g/mol. The summed E-state index contributed by atoms with van der Waals surface area (Å²) in [4.78, 5) is 1.93. The Kier molecular flexibility index (Phi) is 3.82. The first-order chi connectivity index (χ1) is 9.62. The van der Waals surface area contributed by atoms with E-state index in [1.165, 1.54) is 10.5 Å². The van der Waals surface area contributed by atoms with Crippen LogP contribution in [0.5, 0.6) is 0 Å². The highest BCUT2D eigenvalue weighted by Crippen LogP contribution is 2.63. The first kappa shape index (κ1) is 14.0. The van der Waals surface area contributed by atoms with E-state index < -0.39 is 10.6 Å². The van der Waals surface area contributed by atoms with Gasteiger partial charge in [0.1, 0.15) is 0 Å². The topological polar surface area (TPSA) is 40.5 Å². The molecule has 0 radical (unpaired) electrons. The van der Waals surface area contributed by atoms with Gasteiger partial charge in [-0.1, -0.05) is 37.3 Å². The van der Waals surface area contributed by atoms with Gasteiger partial charge in [0.2, 0.25) is 0 Å². The van der Waals surface area contributed by atoms with Gasteiger partial charge in [0.25, 0.3) is 0 Å². The molecule has 2 N–H and O–H groups in total. The molecular formula is C16H18O2S2. The van der Waals surface area contributed by atoms with Crippen LogP contribution < -0.4 is 0 Å². The zero-order valence-corrected chi connectivity index (χ0v) is 13.0. The third-order valence-electron chi connectivity index (χ3n) is 3.62. The molecule has 0 spiro atoms. The maximum Gasteiger partial charge on any atom is 0.0631 e. The van der Waals surface area contributed by atoms with Gasteiger partial charge < -0.3 is 0 Å². The highest BCUT2D eigenvalue weighted by molar-refractivity contribution is 8.25. The van der Waals surface area contributed by atoms with Crippen LogP contribution >= 0.6 is 22.4 Å². The van der Waals surface area contributed by atoms with Crippen molar-refractivity contribution in [3.63, 3.8) is 0 Å². The van der Waals surface area contributed by atoms with Crippen molar-refractivity contribution >= 4 is 22.4 Å². The zero-order valence-electron chi connectivity index (χ0n) is 11.3. The molecule has 1 unspecified atom stereocenters. The van der Waals surface area contributed by atoms with Crippen molar-refractivity contribution < 1.29 is 9.11 Å². The lowest BCUT2D eigenvalue weighted by Crippen LogP contribution is -1.99. The van der Waals surface area contributed by atoms with Crippen LogP contribution in [0.2, 0.25) is 0 Å². The van der Waals surface area contributed by atoms with Gasteiger partial charge in [-0.2, -0.15) is 10.6 Å². The quantitative estimate of drug-likeness (QED) is 0.818. The lowest BCUT2D eigenvalue weighted by atomic mass is 10.0. The van der Waals surface area contributed by atoms with Crippen molar-refractivity contribution in [2.45, 2.75) is 28.4 Å². The fourth-order valence-electron chi connectivity index (χ4n) is 2.69. The second kappa shape index (κ2) is 5.45. The summed E-state index contributed by atoms with van der Waals surface area (Å²) in [6.07, 6.45) is 0.921. The molecule has 106 valence electrons. The van der Waals surface area contributed by atoms with Crippen LogP contribution in [0.15, 0.2) is 58.3 Å². The van der Waals surface area contributed by atoms with E-state index in [1.807, 2.05) is 30.3 Å². The molecule has 20 heavy (non-hydrogen) atoms. The van der Waals surface area contributed by atoms with Crippen LogP contribution in [-0.4, -0.2) is 14.9 Å². The molecule has 0 saturated heterocycles. The van der Waals surface area contributed by atoms with Gasteiger partial charge >= 0.3 is 0 Å². The van der Waals surface area contributed by atoms with Crippen LogP contribution in [0.4, 0.5) is 0 Å². The van der Waals surface area contributed by atoms with Gasteiger partial charge in [-0.05, 0) is 35.7 Å². The lowest BCUT2D eigenvalue weighted by molar-refractivity contribution is 0.492. The van der Waals surface area contributed by atoms with Crippen LogP contribution in [0, 0.1) is 0 Å². The van der Waals surface area contributed by atoms with Crippen LogP contribution in [-0.2, 0) is 6.42 Å². The summed E-state index contributed by atoms with van der Waals surface area (Å²) in [5.74, 6) is 0.429. The summed E-state index contributed by atoms with van der Waals surface area (Å²) in [6.45, 7) is 2.12. The first-order valence-corrected chi connectivity index (χ1v) is 9.31. The Morgan fingerprint density at radius 2 is 1.85 bits per heavy atom. The van der Waals surface area contributed by atoms with Gasteiger partial charge in [-0.25, -0.2) is 0 Å². The number of hydrogen-bond acceptors (Lipinski definition) is 3. The van der Waals surface area contributed by atoms with Gasteiger partial charge in [-0.3, -0.25) is 9.11 Å². The second-order valence-corrected chi connectivity index (χ2v) is 8.32. The number of hydrogen-bond donors (Lipinski definition) is 2.